The van der Waals surface area contributed by atoms with E-state index in [4.69, 9.17) is 4.74 Å². The van der Waals surface area contributed by atoms with Gasteiger partial charge in [0.1, 0.15) is 12.4 Å². The smallest absolute Gasteiger partial charge is 0.224 e. The number of aryl methyl sites for hydroxylation is 1. The summed E-state index contributed by atoms with van der Waals surface area (Å²) < 4.78 is 5.91. The Kier molecular flexibility index (Phi) is 7.25. The van der Waals surface area contributed by atoms with Gasteiger partial charge in [0.05, 0.1) is 6.42 Å². The maximum Gasteiger partial charge on any atom is 0.224 e. The number of nitrogens with one attached hydrogen (secondary N) is 2. The molecule has 0 aliphatic carbocycles. The summed E-state index contributed by atoms with van der Waals surface area (Å²) in [5, 5.41) is 6.36. The third kappa shape index (κ3) is 6.38. The Morgan fingerprint density at radius 1 is 1.15 bits per heavy atom. The van der Waals surface area contributed by atoms with Gasteiger partial charge in [-0.05, 0) is 35.7 Å². The van der Waals surface area contributed by atoms with Gasteiger partial charge in [0.2, 0.25) is 5.91 Å². The Hall–Kier alpha value is -2.37. The second kappa shape index (κ2) is 10.1. The molecule has 0 atom stereocenters. The SMILES string of the molecule is Cc1ccccc1COc1cccc(CC(=O)NCCN2CCNCC2)c1. The van der Waals surface area contributed by atoms with E-state index in [0.717, 1.165) is 44.0 Å². The zero-order valence-electron chi connectivity index (χ0n) is 16.0. The van der Waals surface area contributed by atoms with E-state index < -0.39 is 0 Å². The molecule has 2 aromatic carbocycles. The summed E-state index contributed by atoms with van der Waals surface area (Å²) in [5.74, 6) is 0.852. The minimum Gasteiger partial charge on any atom is -0.489 e. The first-order valence-electron chi connectivity index (χ1n) is 9.67. The minimum absolute atomic E-state index is 0.0567. The van der Waals surface area contributed by atoms with Crippen LogP contribution in [0.2, 0.25) is 0 Å². The molecule has 1 amide bonds. The van der Waals surface area contributed by atoms with Crippen LogP contribution >= 0.6 is 0 Å². The van der Waals surface area contributed by atoms with Gasteiger partial charge in [0.25, 0.3) is 0 Å². The molecule has 0 aromatic heterocycles. The minimum atomic E-state index is 0.0567. The van der Waals surface area contributed by atoms with Crippen molar-refractivity contribution >= 4 is 5.91 Å². The fraction of sp³-hybridized carbons (Fsp3) is 0.409. The maximum absolute atomic E-state index is 12.2. The molecule has 5 nitrogen and oxygen atoms in total. The van der Waals surface area contributed by atoms with Gasteiger partial charge in [-0.1, -0.05) is 36.4 Å². The molecule has 1 saturated heterocycles. The average molecular weight is 367 g/mol. The van der Waals surface area contributed by atoms with Gasteiger partial charge in [-0.15, -0.1) is 0 Å². The molecule has 144 valence electrons. The van der Waals surface area contributed by atoms with Crippen molar-refractivity contribution in [3.63, 3.8) is 0 Å². The van der Waals surface area contributed by atoms with Gasteiger partial charge in [0.15, 0.2) is 0 Å². The molecule has 1 fully saturated rings. The molecule has 5 heteroatoms. The van der Waals surface area contributed by atoms with Crippen LogP contribution in [0.15, 0.2) is 48.5 Å². The van der Waals surface area contributed by atoms with Crippen LogP contribution in [-0.4, -0.2) is 50.1 Å². The fourth-order valence-electron chi connectivity index (χ4n) is 3.21. The number of ether oxygens (including phenoxy) is 1. The lowest BCUT2D eigenvalue weighted by Crippen LogP contribution is -2.46. The highest BCUT2D eigenvalue weighted by atomic mass is 16.5. The third-order valence-corrected chi connectivity index (χ3v) is 4.88. The highest BCUT2D eigenvalue weighted by Gasteiger charge is 2.10. The number of piperazine rings is 1. The Morgan fingerprint density at radius 2 is 1.96 bits per heavy atom. The van der Waals surface area contributed by atoms with E-state index in [1.807, 2.05) is 36.4 Å². The van der Waals surface area contributed by atoms with E-state index in [1.54, 1.807) is 0 Å². The number of hydrogen-bond donors (Lipinski definition) is 2. The molecule has 1 aliphatic rings. The number of nitrogens with zero attached hydrogens (tertiary/aromatic N) is 1. The molecule has 1 heterocycles. The molecule has 0 saturated carbocycles. The molecule has 27 heavy (non-hydrogen) atoms. The van der Waals surface area contributed by atoms with Crippen molar-refractivity contribution in [1.82, 2.24) is 15.5 Å². The number of amides is 1. The van der Waals surface area contributed by atoms with E-state index in [1.165, 1.54) is 11.1 Å². The zero-order valence-corrected chi connectivity index (χ0v) is 16.0. The molecule has 0 radical (unpaired) electrons. The topological polar surface area (TPSA) is 53.6 Å². The van der Waals surface area contributed by atoms with E-state index in [-0.39, 0.29) is 5.91 Å². The fourth-order valence-corrected chi connectivity index (χ4v) is 3.21. The van der Waals surface area contributed by atoms with Crippen LogP contribution in [0.25, 0.3) is 0 Å². The van der Waals surface area contributed by atoms with E-state index in [2.05, 4.69) is 34.6 Å². The van der Waals surface area contributed by atoms with Crippen molar-refractivity contribution < 1.29 is 9.53 Å². The molecule has 0 spiro atoms. The number of rotatable bonds is 8. The van der Waals surface area contributed by atoms with Crippen molar-refractivity contribution in [3.8, 4) is 5.75 Å². The maximum atomic E-state index is 12.2. The lowest BCUT2D eigenvalue weighted by atomic mass is 10.1. The molecule has 1 aliphatic heterocycles. The Bertz CT molecular complexity index is 742. The summed E-state index contributed by atoms with van der Waals surface area (Å²) in [7, 11) is 0. The van der Waals surface area contributed by atoms with E-state index >= 15 is 0 Å². The van der Waals surface area contributed by atoms with Gasteiger partial charge in [-0.3, -0.25) is 9.69 Å². The van der Waals surface area contributed by atoms with Crippen molar-refractivity contribution in [1.29, 1.82) is 0 Å². The monoisotopic (exact) mass is 367 g/mol. The Morgan fingerprint density at radius 3 is 2.78 bits per heavy atom. The van der Waals surface area contributed by atoms with Crippen LogP contribution in [0.3, 0.4) is 0 Å². The number of benzene rings is 2. The third-order valence-electron chi connectivity index (χ3n) is 4.88. The first-order chi connectivity index (χ1) is 13.2. The normalized spacial score (nSPS) is 14.7. The summed E-state index contributed by atoms with van der Waals surface area (Å²) in [6.45, 7) is 8.39. The average Bonchev–Trinajstić information content (AvgIpc) is 2.68. The molecular weight excluding hydrogens is 338 g/mol. The summed E-state index contributed by atoms with van der Waals surface area (Å²) in [6, 6.07) is 16.0. The van der Waals surface area contributed by atoms with Gasteiger partial charge < -0.3 is 15.4 Å². The first kappa shape index (κ1) is 19.4. The van der Waals surface area contributed by atoms with Crippen LogP contribution in [0.1, 0.15) is 16.7 Å². The van der Waals surface area contributed by atoms with Crippen LogP contribution in [0.5, 0.6) is 5.75 Å². The van der Waals surface area contributed by atoms with E-state index in [0.29, 0.717) is 19.6 Å². The summed E-state index contributed by atoms with van der Waals surface area (Å²) >= 11 is 0. The Labute approximate surface area is 161 Å². The highest BCUT2D eigenvalue weighted by Crippen LogP contribution is 2.17. The molecule has 0 bridgehead atoms. The molecule has 2 aromatic rings. The van der Waals surface area contributed by atoms with Gasteiger partial charge in [-0.25, -0.2) is 0 Å². The van der Waals surface area contributed by atoms with Gasteiger partial charge in [0, 0.05) is 39.3 Å². The molecular formula is C22H29N3O2. The quantitative estimate of drug-likeness (QED) is 0.751. The second-order valence-electron chi connectivity index (χ2n) is 6.98. The largest absolute Gasteiger partial charge is 0.489 e. The summed E-state index contributed by atoms with van der Waals surface area (Å²) in [5.41, 5.74) is 3.36. The summed E-state index contributed by atoms with van der Waals surface area (Å²) in [4.78, 5) is 14.6. The first-order valence-corrected chi connectivity index (χ1v) is 9.67. The van der Waals surface area contributed by atoms with Crippen molar-refractivity contribution in [2.75, 3.05) is 39.3 Å². The lowest BCUT2D eigenvalue weighted by molar-refractivity contribution is -0.120. The second-order valence-corrected chi connectivity index (χ2v) is 6.98. The molecule has 2 N–H and O–H groups in total. The standard InChI is InChI=1S/C22H29N3O2/c1-18-5-2-3-7-20(18)17-27-21-8-4-6-19(15-21)16-22(26)24-11-14-25-12-9-23-10-13-25/h2-8,15,23H,9-14,16-17H2,1H3,(H,24,26). The van der Waals surface area contributed by atoms with Crippen LogP contribution in [0, 0.1) is 6.92 Å². The van der Waals surface area contributed by atoms with Crippen LogP contribution in [-0.2, 0) is 17.8 Å². The number of carbonyl (C=O) groups excluding carboxylic acids is 1. The predicted octanol–water partition coefficient (Wildman–Crippen LogP) is 2.14. The number of hydrogen-bond acceptors (Lipinski definition) is 4. The van der Waals surface area contributed by atoms with Crippen molar-refractivity contribution in [2.24, 2.45) is 0 Å². The zero-order chi connectivity index (χ0) is 18.9. The Balaban J connectivity index is 1.44. The summed E-state index contributed by atoms with van der Waals surface area (Å²) in [6.07, 6.45) is 0.378. The molecule has 0 unspecified atom stereocenters. The van der Waals surface area contributed by atoms with E-state index in [9.17, 15) is 4.79 Å². The lowest BCUT2D eigenvalue weighted by Gasteiger charge is -2.27. The van der Waals surface area contributed by atoms with Gasteiger partial charge >= 0.3 is 0 Å². The molecule has 3 rings (SSSR count). The van der Waals surface area contributed by atoms with Crippen molar-refractivity contribution in [3.05, 3.63) is 65.2 Å². The van der Waals surface area contributed by atoms with Crippen LogP contribution < -0.4 is 15.4 Å². The van der Waals surface area contributed by atoms with Gasteiger partial charge in [-0.2, -0.15) is 0 Å². The number of carbonyl (C=O) groups is 1. The van der Waals surface area contributed by atoms with Crippen LogP contribution in [0.4, 0.5) is 0 Å². The predicted molar refractivity (Wildman–Crippen MR) is 108 cm³/mol. The van der Waals surface area contributed by atoms with Crippen molar-refractivity contribution in [2.45, 2.75) is 20.0 Å². The highest BCUT2D eigenvalue weighted by molar-refractivity contribution is 5.78.